The number of halogens is 1. The molecular weight excluding hydrogens is 431 g/mol. The molecule has 0 radical (unpaired) electrons. The van der Waals surface area contributed by atoms with Crippen LogP contribution in [0.5, 0.6) is 0 Å². The lowest BCUT2D eigenvalue weighted by molar-refractivity contribution is 0.0984. The van der Waals surface area contributed by atoms with Crippen LogP contribution >= 0.6 is 0 Å². The van der Waals surface area contributed by atoms with Crippen LogP contribution in [0.25, 0.3) is 10.9 Å². The first-order valence-electron chi connectivity index (χ1n) is 9.59. The molecule has 32 heavy (non-hydrogen) atoms. The molecule has 0 atom stereocenters. The number of rotatable bonds is 5. The minimum atomic E-state index is -3.67. The molecule has 0 bridgehead atoms. The first kappa shape index (κ1) is 21.4. The van der Waals surface area contributed by atoms with E-state index in [4.69, 9.17) is 5.73 Å². The third-order valence-electron chi connectivity index (χ3n) is 4.92. The summed E-state index contributed by atoms with van der Waals surface area (Å²) < 4.78 is 39.8. The Hall–Kier alpha value is -3.85. The van der Waals surface area contributed by atoms with E-state index in [1.165, 1.54) is 41.6 Å². The van der Waals surface area contributed by atoms with Crippen molar-refractivity contribution in [2.24, 2.45) is 0 Å². The predicted molar refractivity (Wildman–Crippen MR) is 120 cm³/mol. The Morgan fingerprint density at radius 1 is 1.09 bits per heavy atom. The second kappa shape index (κ2) is 8.35. The lowest BCUT2D eigenvalue weighted by atomic mass is 10.1. The highest BCUT2D eigenvalue weighted by Gasteiger charge is 2.25. The molecule has 0 aliphatic heterocycles. The van der Waals surface area contributed by atoms with Gasteiger partial charge in [0.05, 0.1) is 28.2 Å². The van der Waals surface area contributed by atoms with E-state index in [9.17, 15) is 17.6 Å². The molecule has 1 amide bonds. The van der Waals surface area contributed by atoms with Gasteiger partial charge in [0, 0.05) is 29.6 Å². The van der Waals surface area contributed by atoms with E-state index in [1.54, 1.807) is 36.4 Å². The summed E-state index contributed by atoms with van der Waals surface area (Å²) in [6, 6.07) is 15.3. The van der Waals surface area contributed by atoms with Crippen molar-refractivity contribution in [1.82, 2.24) is 9.97 Å². The quantitative estimate of drug-likeness (QED) is 0.498. The Bertz CT molecular complexity index is 1430. The molecule has 7 nitrogen and oxygen atoms in total. The summed E-state index contributed by atoms with van der Waals surface area (Å²) in [5.41, 5.74) is 6.76. The van der Waals surface area contributed by atoms with Gasteiger partial charge in [0.1, 0.15) is 11.6 Å². The number of para-hydroxylation sites is 1. The molecule has 0 spiro atoms. The summed E-state index contributed by atoms with van der Waals surface area (Å²) >= 11 is 0. The van der Waals surface area contributed by atoms with Crippen LogP contribution < -0.4 is 10.6 Å². The normalized spacial score (nSPS) is 11.4. The SMILES string of the molecule is CS(=O)(=O)c1ccccc1N(Cc1cc2nc(N)ccc2cc1F)C(=O)c1cccnc1. The summed E-state index contributed by atoms with van der Waals surface area (Å²) in [5.74, 6) is -0.792. The molecule has 2 heterocycles. The number of pyridine rings is 2. The van der Waals surface area contributed by atoms with E-state index in [-0.39, 0.29) is 34.1 Å². The largest absolute Gasteiger partial charge is 0.384 e. The molecule has 0 aliphatic carbocycles. The zero-order valence-corrected chi connectivity index (χ0v) is 17.9. The Balaban J connectivity index is 1.87. The fraction of sp³-hybridized carbons (Fsp3) is 0.0870. The number of nitrogen functional groups attached to an aromatic ring is 1. The summed E-state index contributed by atoms with van der Waals surface area (Å²) in [7, 11) is -3.67. The maximum absolute atomic E-state index is 15.0. The molecule has 4 aromatic rings. The molecule has 2 N–H and O–H groups in total. The molecule has 4 rings (SSSR count). The van der Waals surface area contributed by atoms with E-state index >= 15 is 0 Å². The van der Waals surface area contributed by atoms with E-state index < -0.39 is 21.6 Å². The first-order valence-corrected chi connectivity index (χ1v) is 11.5. The van der Waals surface area contributed by atoms with Gasteiger partial charge in [0.25, 0.3) is 5.91 Å². The summed E-state index contributed by atoms with van der Waals surface area (Å²) in [5, 5.41) is 0.558. The molecule has 0 unspecified atom stereocenters. The number of amides is 1. The number of aromatic nitrogens is 2. The van der Waals surface area contributed by atoms with Gasteiger partial charge in [-0.15, -0.1) is 0 Å². The van der Waals surface area contributed by atoms with Gasteiger partial charge in [0.2, 0.25) is 0 Å². The molecule has 2 aromatic heterocycles. The first-order chi connectivity index (χ1) is 15.2. The average Bonchev–Trinajstić information content (AvgIpc) is 2.77. The van der Waals surface area contributed by atoms with Crippen LogP contribution in [0, 0.1) is 5.82 Å². The topological polar surface area (TPSA) is 106 Å². The van der Waals surface area contributed by atoms with Crippen LogP contribution in [0.3, 0.4) is 0 Å². The number of carbonyl (C=O) groups is 1. The number of hydrogen-bond donors (Lipinski definition) is 1. The van der Waals surface area contributed by atoms with E-state index in [0.29, 0.717) is 10.9 Å². The molecule has 0 saturated carbocycles. The number of sulfone groups is 1. The number of anilines is 2. The van der Waals surface area contributed by atoms with Crippen molar-refractivity contribution in [2.75, 3.05) is 16.9 Å². The zero-order chi connectivity index (χ0) is 22.9. The number of hydrogen-bond acceptors (Lipinski definition) is 6. The van der Waals surface area contributed by atoms with Crippen molar-refractivity contribution in [2.45, 2.75) is 11.4 Å². The Labute approximate surface area is 184 Å². The molecular formula is C23H19FN4O3S. The van der Waals surface area contributed by atoms with Crippen molar-refractivity contribution in [3.8, 4) is 0 Å². The third-order valence-corrected chi connectivity index (χ3v) is 6.06. The standard InChI is InChI=1S/C23H19FN4O3S/c1-32(30,31)21-7-3-2-6-20(21)28(23(29)16-5-4-10-26-13-16)14-17-12-19-15(11-18(17)24)8-9-22(25)27-19/h2-13H,14H2,1H3,(H2,25,27). The highest BCUT2D eigenvalue weighted by atomic mass is 32.2. The lowest BCUT2D eigenvalue weighted by Crippen LogP contribution is -2.32. The van der Waals surface area contributed by atoms with Crippen LogP contribution in [0.4, 0.5) is 15.9 Å². The van der Waals surface area contributed by atoms with Gasteiger partial charge in [-0.2, -0.15) is 0 Å². The monoisotopic (exact) mass is 450 g/mol. The van der Waals surface area contributed by atoms with Gasteiger partial charge in [-0.1, -0.05) is 12.1 Å². The Morgan fingerprint density at radius 3 is 2.59 bits per heavy atom. The van der Waals surface area contributed by atoms with Crippen molar-refractivity contribution >= 4 is 38.2 Å². The van der Waals surface area contributed by atoms with Gasteiger partial charge in [-0.3, -0.25) is 9.78 Å². The second-order valence-corrected chi connectivity index (χ2v) is 9.23. The highest BCUT2D eigenvalue weighted by molar-refractivity contribution is 7.90. The number of nitrogens with zero attached hydrogens (tertiary/aromatic N) is 3. The maximum atomic E-state index is 15.0. The number of benzene rings is 2. The highest BCUT2D eigenvalue weighted by Crippen LogP contribution is 2.29. The predicted octanol–water partition coefficient (Wildman–Crippen LogP) is 3.60. The van der Waals surface area contributed by atoms with Crippen molar-refractivity contribution in [1.29, 1.82) is 0 Å². The second-order valence-electron chi connectivity index (χ2n) is 7.25. The lowest BCUT2D eigenvalue weighted by Gasteiger charge is -2.25. The summed E-state index contributed by atoms with van der Waals surface area (Å²) in [6.07, 6.45) is 3.95. The van der Waals surface area contributed by atoms with Gasteiger partial charge in [-0.25, -0.2) is 17.8 Å². The number of carbonyl (C=O) groups excluding carboxylic acids is 1. The molecule has 0 aliphatic rings. The van der Waals surface area contributed by atoms with Crippen molar-refractivity contribution in [3.05, 3.63) is 90.0 Å². The van der Waals surface area contributed by atoms with Gasteiger partial charge in [-0.05, 0) is 48.5 Å². The van der Waals surface area contributed by atoms with Crippen LogP contribution in [0.1, 0.15) is 15.9 Å². The van der Waals surface area contributed by atoms with Gasteiger partial charge >= 0.3 is 0 Å². The van der Waals surface area contributed by atoms with Crippen molar-refractivity contribution < 1.29 is 17.6 Å². The van der Waals surface area contributed by atoms with Gasteiger partial charge in [0.15, 0.2) is 9.84 Å². The Kier molecular flexibility index (Phi) is 5.58. The van der Waals surface area contributed by atoms with E-state index in [2.05, 4.69) is 9.97 Å². The minimum Gasteiger partial charge on any atom is -0.384 e. The maximum Gasteiger partial charge on any atom is 0.260 e. The Morgan fingerprint density at radius 2 is 1.88 bits per heavy atom. The van der Waals surface area contributed by atoms with E-state index in [1.807, 2.05) is 0 Å². The number of fused-ring (bicyclic) bond motifs is 1. The van der Waals surface area contributed by atoms with Crippen LogP contribution in [-0.2, 0) is 16.4 Å². The third kappa shape index (κ3) is 4.28. The van der Waals surface area contributed by atoms with Crippen LogP contribution in [-0.4, -0.2) is 30.5 Å². The fourth-order valence-electron chi connectivity index (χ4n) is 3.40. The summed E-state index contributed by atoms with van der Waals surface area (Å²) in [6.45, 7) is -0.224. The van der Waals surface area contributed by atoms with Crippen molar-refractivity contribution in [3.63, 3.8) is 0 Å². The molecule has 0 saturated heterocycles. The fourth-order valence-corrected chi connectivity index (χ4v) is 4.28. The molecule has 162 valence electrons. The van der Waals surface area contributed by atoms with Crippen LogP contribution in [0.2, 0.25) is 0 Å². The zero-order valence-electron chi connectivity index (χ0n) is 17.1. The van der Waals surface area contributed by atoms with Crippen LogP contribution in [0.15, 0.2) is 78.0 Å². The summed E-state index contributed by atoms with van der Waals surface area (Å²) in [4.78, 5) is 22.8. The smallest absolute Gasteiger partial charge is 0.260 e. The molecule has 2 aromatic carbocycles. The number of nitrogens with two attached hydrogens (primary N) is 1. The minimum absolute atomic E-state index is 0.0409. The van der Waals surface area contributed by atoms with Gasteiger partial charge < -0.3 is 10.6 Å². The van der Waals surface area contributed by atoms with E-state index in [0.717, 1.165) is 6.26 Å². The average molecular weight is 450 g/mol. The molecule has 0 fully saturated rings. The molecule has 9 heteroatoms.